The normalized spacial score (nSPS) is 13.3. The second-order valence-corrected chi connectivity index (χ2v) is 4.69. The lowest BCUT2D eigenvalue weighted by atomic mass is 10.1. The number of nitrogens with zero attached hydrogens (tertiary/aromatic N) is 2. The smallest absolute Gasteiger partial charge is 0.358 e. The molecule has 0 saturated carbocycles. The molecule has 4 nitrogen and oxygen atoms in total. The monoisotopic (exact) mass is 256 g/mol. The molecule has 1 heterocycles. The van der Waals surface area contributed by atoms with Crippen molar-refractivity contribution in [3.05, 3.63) is 47.5 Å². The lowest BCUT2D eigenvalue weighted by molar-refractivity contribution is 0.0520. The van der Waals surface area contributed by atoms with Crippen LogP contribution >= 0.6 is 0 Å². The molecule has 0 atom stereocenters. The maximum atomic E-state index is 11.6. The van der Waals surface area contributed by atoms with E-state index in [4.69, 9.17) is 4.74 Å². The third-order valence-corrected chi connectivity index (χ3v) is 3.45. The number of benzene rings is 1. The number of ether oxygens (including phenoxy) is 1. The minimum atomic E-state index is -0.373. The van der Waals surface area contributed by atoms with Gasteiger partial charge in [0.25, 0.3) is 0 Å². The molecule has 0 N–H and O–H groups in total. The van der Waals surface area contributed by atoms with Crippen molar-refractivity contribution in [1.82, 2.24) is 9.55 Å². The van der Waals surface area contributed by atoms with Crippen molar-refractivity contribution in [2.45, 2.75) is 26.2 Å². The summed E-state index contributed by atoms with van der Waals surface area (Å²) < 4.78 is 6.80. The quantitative estimate of drug-likeness (QED) is 0.793. The fraction of sp³-hybridized carbons (Fsp3) is 0.333. The van der Waals surface area contributed by atoms with Gasteiger partial charge in [-0.05, 0) is 49.4 Å². The van der Waals surface area contributed by atoms with Crippen molar-refractivity contribution < 1.29 is 9.53 Å². The van der Waals surface area contributed by atoms with Gasteiger partial charge in [-0.25, -0.2) is 9.78 Å². The van der Waals surface area contributed by atoms with Gasteiger partial charge in [0.2, 0.25) is 0 Å². The predicted molar refractivity (Wildman–Crippen MR) is 71.5 cm³/mol. The number of aromatic nitrogens is 2. The number of aryl methyl sites for hydroxylation is 2. The predicted octanol–water partition coefficient (Wildman–Crippen LogP) is 2.54. The number of hydrogen-bond acceptors (Lipinski definition) is 3. The maximum absolute atomic E-state index is 11.6. The van der Waals surface area contributed by atoms with Gasteiger partial charge in [-0.3, -0.25) is 0 Å². The summed E-state index contributed by atoms with van der Waals surface area (Å²) in [7, 11) is 0. The Bertz CT molecular complexity index is 616. The maximum Gasteiger partial charge on any atom is 0.358 e. The first-order chi connectivity index (χ1) is 9.28. The molecule has 1 aromatic carbocycles. The first kappa shape index (κ1) is 12.0. The lowest BCUT2D eigenvalue weighted by Gasteiger charge is -2.05. The fourth-order valence-electron chi connectivity index (χ4n) is 2.49. The minimum Gasteiger partial charge on any atom is -0.461 e. The van der Waals surface area contributed by atoms with Crippen molar-refractivity contribution in [2.75, 3.05) is 6.61 Å². The third-order valence-electron chi connectivity index (χ3n) is 3.45. The summed E-state index contributed by atoms with van der Waals surface area (Å²) in [6.45, 7) is 2.15. The largest absolute Gasteiger partial charge is 0.461 e. The molecule has 0 bridgehead atoms. The van der Waals surface area contributed by atoms with E-state index in [2.05, 4.69) is 23.2 Å². The van der Waals surface area contributed by atoms with E-state index in [0.717, 1.165) is 12.1 Å². The van der Waals surface area contributed by atoms with Gasteiger partial charge in [-0.2, -0.15) is 0 Å². The third kappa shape index (κ3) is 2.26. The summed E-state index contributed by atoms with van der Waals surface area (Å²) in [6, 6.07) is 6.42. The van der Waals surface area contributed by atoms with Crippen LogP contribution < -0.4 is 0 Å². The molecule has 4 heteroatoms. The summed E-state index contributed by atoms with van der Waals surface area (Å²) in [6.07, 6.45) is 6.92. The van der Waals surface area contributed by atoms with E-state index in [1.807, 2.05) is 4.57 Å². The molecule has 1 aromatic heterocycles. The summed E-state index contributed by atoms with van der Waals surface area (Å²) in [4.78, 5) is 15.7. The molecule has 3 rings (SSSR count). The number of carbonyl (C=O) groups excluding carboxylic acids is 1. The number of fused-ring (bicyclic) bond motifs is 1. The lowest BCUT2D eigenvalue weighted by Crippen LogP contribution is -2.04. The summed E-state index contributed by atoms with van der Waals surface area (Å²) in [5, 5.41) is 0. The topological polar surface area (TPSA) is 44.1 Å². The van der Waals surface area contributed by atoms with Crippen molar-refractivity contribution in [3.8, 4) is 5.69 Å². The molecule has 0 aliphatic heterocycles. The van der Waals surface area contributed by atoms with Crippen LogP contribution in [0.25, 0.3) is 5.69 Å². The van der Waals surface area contributed by atoms with Crippen LogP contribution in [0.2, 0.25) is 0 Å². The van der Waals surface area contributed by atoms with E-state index >= 15 is 0 Å². The van der Waals surface area contributed by atoms with Crippen molar-refractivity contribution >= 4 is 5.97 Å². The Hall–Kier alpha value is -2.10. The minimum absolute atomic E-state index is 0.349. The van der Waals surface area contributed by atoms with Crippen LogP contribution in [0.1, 0.15) is 35.0 Å². The van der Waals surface area contributed by atoms with Crippen LogP contribution in [0.5, 0.6) is 0 Å². The van der Waals surface area contributed by atoms with Gasteiger partial charge in [0.15, 0.2) is 5.69 Å². The molecule has 0 fully saturated rings. The zero-order valence-corrected chi connectivity index (χ0v) is 10.9. The van der Waals surface area contributed by atoms with Crippen molar-refractivity contribution in [2.24, 2.45) is 0 Å². The molecule has 0 spiro atoms. The highest BCUT2D eigenvalue weighted by Crippen LogP contribution is 2.24. The average Bonchev–Trinajstić information content (AvgIpc) is 3.07. The van der Waals surface area contributed by atoms with Crippen molar-refractivity contribution in [1.29, 1.82) is 0 Å². The van der Waals surface area contributed by atoms with Gasteiger partial charge >= 0.3 is 5.97 Å². The zero-order chi connectivity index (χ0) is 13.2. The SMILES string of the molecule is CCOC(=O)c1cn(-c2ccc3c(c2)CCC3)cn1. The Balaban J connectivity index is 1.88. The zero-order valence-electron chi connectivity index (χ0n) is 10.9. The Morgan fingerprint density at radius 2 is 2.21 bits per heavy atom. The van der Waals surface area contributed by atoms with E-state index in [1.54, 1.807) is 19.4 Å². The molecular formula is C15H16N2O2. The second-order valence-electron chi connectivity index (χ2n) is 4.69. The molecule has 0 saturated heterocycles. The molecule has 2 aromatic rings. The van der Waals surface area contributed by atoms with E-state index in [9.17, 15) is 4.79 Å². The highest BCUT2D eigenvalue weighted by molar-refractivity contribution is 5.87. The Morgan fingerprint density at radius 1 is 1.37 bits per heavy atom. The number of carbonyl (C=O) groups is 1. The molecule has 0 amide bonds. The van der Waals surface area contributed by atoms with Gasteiger partial charge in [-0.1, -0.05) is 6.07 Å². The Morgan fingerprint density at radius 3 is 3.05 bits per heavy atom. The Kier molecular flexibility index (Phi) is 3.07. The molecule has 19 heavy (non-hydrogen) atoms. The summed E-state index contributed by atoms with van der Waals surface area (Å²) in [5.41, 5.74) is 4.24. The van der Waals surface area contributed by atoms with E-state index < -0.39 is 0 Å². The van der Waals surface area contributed by atoms with Crippen LogP contribution in [0, 0.1) is 0 Å². The highest BCUT2D eigenvalue weighted by Gasteiger charge is 2.13. The van der Waals surface area contributed by atoms with Gasteiger partial charge < -0.3 is 9.30 Å². The van der Waals surface area contributed by atoms with Gasteiger partial charge in [0, 0.05) is 11.9 Å². The molecule has 0 unspecified atom stereocenters. The van der Waals surface area contributed by atoms with Crippen LogP contribution in [0.15, 0.2) is 30.7 Å². The summed E-state index contributed by atoms with van der Waals surface area (Å²) >= 11 is 0. The number of esters is 1. The van der Waals surface area contributed by atoms with Crippen molar-refractivity contribution in [3.63, 3.8) is 0 Å². The average molecular weight is 256 g/mol. The first-order valence-corrected chi connectivity index (χ1v) is 6.61. The van der Waals surface area contributed by atoms with E-state index in [1.165, 1.54) is 24.0 Å². The van der Waals surface area contributed by atoms with Gasteiger partial charge in [0.1, 0.15) is 6.33 Å². The second kappa shape index (κ2) is 4.88. The molecule has 0 radical (unpaired) electrons. The molecule has 1 aliphatic rings. The van der Waals surface area contributed by atoms with Crippen LogP contribution in [0.3, 0.4) is 0 Å². The molecular weight excluding hydrogens is 240 g/mol. The fourth-order valence-corrected chi connectivity index (χ4v) is 2.49. The summed E-state index contributed by atoms with van der Waals surface area (Å²) in [5.74, 6) is -0.373. The van der Waals surface area contributed by atoms with Crippen LogP contribution in [0.4, 0.5) is 0 Å². The number of rotatable bonds is 3. The van der Waals surface area contributed by atoms with Crippen LogP contribution in [-0.4, -0.2) is 22.1 Å². The first-order valence-electron chi connectivity index (χ1n) is 6.61. The van der Waals surface area contributed by atoms with Gasteiger partial charge in [0.05, 0.1) is 6.61 Å². The number of imidazole rings is 1. The standard InChI is InChI=1S/C15H16N2O2/c1-2-19-15(18)14-9-17(10-16-14)13-7-6-11-4-3-5-12(11)8-13/h6-10H,2-5H2,1H3. The number of hydrogen-bond donors (Lipinski definition) is 0. The van der Waals surface area contributed by atoms with Crippen LogP contribution in [-0.2, 0) is 17.6 Å². The van der Waals surface area contributed by atoms with Gasteiger partial charge in [-0.15, -0.1) is 0 Å². The highest BCUT2D eigenvalue weighted by atomic mass is 16.5. The van der Waals surface area contributed by atoms with E-state index in [0.29, 0.717) is 12.3 Å². The Labute approximate surface area is 112 Å². The molecule has 98 valence electrons. The molecule has 1 aliphatic carbocycles. The van der Waals surface area contributed by atoms with E-state index in [-0.39, 0.29) is 5.97 Å².